The van der Waals surface area contributed by atoms with Crippen LogP contribution in [-0.4, -0.2) is 28.1 Å². The van der Waals surface area contributed by atoms with E-state index in [-0.39, 0.29) is 0 Å². The summed E-state index contributed by atoms with van der Waals surface area (Å²) in [5.41, 5.74) is 1.10. The molecule has 0 aromatic carbocycles. The van der Waals surface area contributed by atoms with Crippen molar-refractivity contribution in [2.75, 3.05) is 4.90 Å². The number of aromatic carboxylic acids is 1. The monoisotopic (exact) mass is 234 g/mol. The van der Waals surface area contributed by atoms with Crippen LogP contribution in [0, 0.1) is 0 Å². The molecule has 1 aromatic heterocycles. The third-order valence-corrected chi connectivity index (χ3v) is 3.50. The Morgan fingerprint density at radius 3 is 2.65 bits per heavy atom. The van der Waals surface area contributed by atoms with Crippen molar-refractivity contribution in [2.45, 2.75) is 45.2 Å². The van der Waals surface area contributed by atoms with Gasteiger partial charge in [-0.25, -0.2) is 4.79 Å². The molecule has 17 heavy (non-hydrogen) atoms. The third-order valence-electron chi connectivity index (χ3n) is 3.50. The molecule has 0 radical (unpaired) electrons. The van der Waals surface area contributed by atoms with Gasteiger partial charge in [-0.3, -0.25) is 4.98 Å². The lowest BCUT2D eigenvalue weighted by Crippen LogP contribution is -2.44. The van der Waals surface area contributed by atoms with E-state index in [1.165, 1.54) is 12.6 Å². The zero-order valence-electron chi connectivity index (χ0n) is 10.3. The van der Waals surface area contributed by atoms with Gasteiger partial charge in [0, 0.05) is 24.5 Å². The van der Waals surface area contributed by atoms with Gasteiger partial charge < -0.3 is 10.0 Å². The van der Waals surface area contributed by atoms with Gasteiger partial charge in [-0.15, -0.1) is 0 Å². The van der Waals surface area contributed by atoms with Crippen molar-refractivity contribution >= 4 is 11.7 Å². The van der Waals surface area contributed by atoms with Crippen molar-refractivity contribution in [3.8, 4) is 0 Å². The second-order valence-electron chi connectivity index (χ2n) is 4.73. The number of nitrogens with zero attached hydrogens (tertiary/aromatic N) is 2. The fourth-order valence-electron chi connectivity index (χ4n) is 2.67. The van der Waals surface area contributed by atoms with E-state index < -0.39 is 5.97 Å². The van der Waals surface area contributed by atoms with Crippen LogP contribution in [0.25, 0.3) is 0 Å². The van der Waals surface area contributed by atoms with Crippen LogP contribution in [0.1, 0.15) is 43.5 Å². The Labute approximate surface area is 101 Å². The van der Waals surface area contributed by atoms with Crippen LogP contribution >= 0.6 is 0 Å². The van der Waals surface area contributed by atoms with Gasteiger partial charge in [-0.1, -0.05) is 0 Å². The average molecular weight is 234 g/mol. The first kappa shape index (κ1) is 11.9. The van der Waals surface area contributed by atoms with Crippen LogP contribution in [-0.2, 0) is 0 Å². The Morgan fingerprint density at radius 2 is 2.06 bits per heavy atom. The molecule has 2 rings (SSSR count). The smallest absolute Gasteiger partial charge is 0.339 e. The summed E-state index contributed by atoms with van der Waals surface area (Å²) in [5, 5.41) is 9.20. The molecule has 0 amide bonds. The summed E-state index contributed by atoms with van der Waals surface area (Å²) in [6, 6.07) is 2.58. The molecule has 0 spiro atoms. The van der Waals surface area contributed by atoms with Gasteiger partial charge in [0.05, 0.1) is 5.69 Å². The van der Waals surface area contributed by atoms with Crippen molar-refractivity contribution in [2.24, 2.45) is 0 Å². The predicted octanol–water partition coefficient (Wildman–Crippen LogP) is 2.55. The molecular formula is C13H18N2O2. The maximum Gasteiger partial charge on any atom is 0.339 e. The zero-order valence-corrected chi connectivity index (χ0v) is 10.3. The highest BCUT2D eigenvalue weighted by Crippen LogP contribution is 2.31. The number of carboxylic acid groups (broad SMARTS) is 1. The lowest BCUT2D eigenvalue weighted by Gasteiger charge is -2.41. The predicted molar refractivity (Wildman–Crippen MR) is 66.5 cm³/mol. The van der Waals surface area contributed by atoms with E-state index in [2.05, 4.69) is 23.7 Å². The van der Waals surface area contributed by atoms with Crippen LogP contribution < -0.4 is 4.90 Å². The minimum atomic E-state index is -0.905. The van der Waals surface area contributed by atoms with Crippen LogP contribution in [0.3, 0.4) is 0 Å². The molecule has 1 aliphatic rings. The third kappa shape index (κ3) is 2.25. The summed E-state index contributed by atoms with van der Waals surface area (Å²) in [5.74, 6) is -0.905. The van der Waals surface area contributed by atoms with E-state index >= 15 is 0 Å². The molecule has 4 nitrogen and oxygen atoms in total. The van der Waals surface area contributed by atoms with E-state index in [9.17, 15) is 9.90 Å². The van der Waals surface area contributed by atoms with E-state index in [0.717, 1.165) is 18.5 Å². The number of anilines is 1. The minimum absolute atomic E-state index is 0.299. The largest absolute Gasteiger partial charge is 0.478 e. The summed E-state index contributed by atoms with van der Waals surface area (Å²) in [4.78, 5) is 17.3. The summed E-state index contributed by atoms with van der Waals surface area (Å²) in [6.45, 7) is 4.31. The Morgan fingerprint density at radius 1 is 1.41 bits per heavy atom. The van der Waals surface area contributed by atoms with E-state index in [1.54, 1.807) is 6.20 Å². The van der Waals surface area contributed by atoms with Gasteiger partial charge >= 0.3 is 5.97 Å². The quantitative estimate of drug-likeness (QED) is 0.854. The van der Waals surface area contributed by atoms with Crippen molar-refractivity contribution in [1.82, 2.24) is 4.98 Å². The van der Waals surface area contributed by atoms with Crippen LogP contribution in [0.4, 0.5) is 5.69 Å². The van der Waals surface area contributed by atoms with Gasteiger partial charge in [0.2, 0.25) is 0 Å². The lowest BCUT2D eigenvalue weighted by molar-refractivity contribution is 0.0697. The first-order valence-corrected chi connectivity index (χ1v) is 6.07. The highest BCUT2D eigenvalue weighted by molar-refractivity contribution is 5.94. The number of rotatable bonds is 2. The number of aromatic nitrogens is 1. The van der Waals surface area contributed by atoms with E-state index in [1.807, 2.05) is 6.07 Å². The Hall–Kier alpha value is -1.58. The fourth-order valence-corrected chi connectivity index (χ4v) is 2.67. The molecule has 1 aromatic rings. The Kier molecular flexibility index (Phi) is 3.31. The number of carboxylic acids is 1. The first-order chi connectivity index (χ1) is 8.11. The van der Waals surface area contributed by atoms with Crippen LogP contribution in [0.15, 0.2) is 18.5 Å². The molecule has 0 saturated carbocycles. The molecule has 92 valence electrons. The highest BCUT2D eigenvalue weighted by Gasteiger charge is 2.27. The van der Waals surface area contributed by atoms with Gasteiger partial charge in [0.25, 0.3) is 0 Å². The molecule has 0 aliphatic carbocycles. The molecule has 2 atom stereocenters. The molecule has 2 unspecified atom stereocenters. The van der Waals surface area contributed by atoms with Crippen molar-refractivity contribution < 1.29 is 9.90 Å². The second-order valence-corrected chi connectivity index (χ2v) is 4.73. The number of carbonyl (C=O) groups is 1. The van der Waals surface area contributed by atoms with E-state index in [0.29, 0.717) is 17.6 Å². The highest BCUT2D eigenvalue weighted by atomic mass is 16.4. The fraction of sp³-hybridized carbons (Fsp3) is 0.538. The average Bonchev–Trinajstić information content (AvgIpc) is 2.29. The van der Waals surface area contributed by atoms with Gasteiger partial charge in [-0.05, 0) is 39.2 Å². The molecule has 1 N–H and O–H groups in total. The molecule has 2 heterocycles. The summed E-state index contributed by atoms with van der Waals surface area (Å²) >= 11 is 0. The normalized spacial score (nSPS) is 24.7. The van der Waals surface area contributed by atoms with Crippen LogP contribution in [0.2, 0.25) is 0 Å². The maximum absolute atomic E-state index is 11.2. The number of pyridine rings is 1. The summed E-state index contributed by atoms with van der Waals surface area (Å²) < 4.78 is 0. The standard InChI is InChI=1S/C13H18N2O2/c1-9-4-3-5-10(2)15(9)12-6-7-14-8-11(12)13(16)17/h6-10H,3-5H2,1-2H3,(H,16,17). The van der Waals surface area contributed by atoms with E-state index in [4.69, 9.17) is 0 Å². The van der Waals surface area contributed by atoms with Crippen LogP contribution in [0.5, 0.6) is 0 Å². The molecule has 0 bridgehead atoms. The number of hydrogen-bond donors (Lipinski definition) is 1. The zero-order chi connectivity index (χ0) is 12.4. The lowest BCUT2D eigenvalue weighted by atomic mass is 9.96. The van der Waals surface area contributed by atoms with Crippen molar-refractivity contribution in [3.63, 3.8) is 0 Å². The van der Waals surface area contributed by atoms with Gasteiger partial charge in [0.15, 0.2) is 0 Å². The maximum atomic E-state index is 11.2. The Bertz CT molecular complexity index is 410. The van der Waals surface area contributed by atoms with Crippen molar-refractivity contribution in [1.29, 1.82) is 0 Å². The molecular weight excluding hydrogens is 216 g/mol. The van der Waals surface area contributed by atoms with Crippen molar-refractivity contribution in [3.05, 3.63) is 24.0 Å². The number of hydrogen-bond acceptors (Lipinski definition) is 3. The molecule has 1 fully saturated rings. The summed E-state index contributed by atoms with van der Waals surface area (Å²) in [6.07, 6.45) is 6.55. The minimum Gasteiger partial charge on any atom is -0.478 e. The topological polar surface area (TPSA) is 53.4 Å². The molecule has 4 heteroatoms. The van der Waals surface area contributed by atoms with Gasteiger partial charge in [0.1, 0.15) is 5.56 Å². The molecule has 1 aliphatic heterocycles. The first-order valence-electron chi connectivity index (χ1n) is 6.07. The summed E-state index contributed by atoms with van der Waals surface area (Å²) in [7, 11) is 0. The number of piperidine rings is 1. The SMILES string of the molecule is CC1CCCC(C)N1c1ccncc1C(=O)O. The molecule has 1 saturated heterocycles. The van der Waals surface area contributed by atoms with Gasteiger partial charge in [-0.2, -0.15) is 0 Å². The second kappa shape index (κ2) is 4.73. The Balaban J connectivity index is 2.41.